The van der Waals surface area contributed by atoms with Crippen LogP contribution in [0.5, 0.6) is 11.5 Å². The van der Waals surface area contributed by atoms with Crippen molar-refractivity contribution >= 4 is 5.91 Å². The molecule has 0 aromatic heterocycles. The first-order valence-electron chi connectivity index (χ1n) is 10.2. The van der Waals surface area contributed by atoms with E-state index >= 15 is 0 Å². The molecule has 6 heteroatoms. The average molecular weight is 402 g/mol. The lowest BCUT2D eigenvalue weighted by molar-refractivity contribution is -0.0598. The Kier molecular flexibility index (Phi) is 6.34. The Labute approximate surface area is 171 Å². The fraction of sp³-hybridized carbons (Fsp3) is 0.522. The van der Waals surface area contributed by atoms with Gasteiger partial charge in [-0.05, 0) is 58.1 Å². The van der Waals surface area contributed by atoms with Crippen LogP contribution in [0.2, 0.25) is 0 Å². The molecule has 0 aliphatic carbocycles. The number of carbonyl (C=O) groups is 1. The van der Waals surface area contributed by atoms with Gasteiger partial charge in [-0.3, -0.25) is 4.79 Å². The molecule has 1 aromatic carbocycles. The fourth-order valence-electron chi connectivity index (χ4n) is 3.98. The highest BCUT2D eigenvalue weighted by Gasteiger charge is 2.43. The van der Waals surface area contributed by atoms with E-state index in [2.05, 4.69) is 25.2 Å². The predicted octanol–water partition coefficient (Wildman–Crippen LogP) is 3.14. The molecule has 6 nitrogen and oxygen atoms in total. The second kappa shape index (κ2) is 8.59. The standard InChI is InChI=1S/C23H31NO5/c1-14(2)6-4-7-15(13-25)8-5-9-23(3)20(27)11-17-19(26)10-16-18(21(17)29-23)12-24-22(16)28/h6,8,10,20,25-27H,4-5,7,9,11-13H2,1-3H3,(H,24,28)/b15-8-. The lowest BCUT2D eigenvalue weighted by Crippen LogP contribution is -2.49. The van der Waals surface area contributed by atoms with Crippen molar-refractivity contribution in [3.05, 3.63) is 46.1 Å². The number of carbonyl (C=O) groups excluding carboxylic acids is 1. The number of ether oxygens (including phenoxy) is 1. The van der Waals surface area contributed by atoms with Crippen LogP contribution in [0.4, 0.5) is 0 Å². The van der Waals surface area contributed by atoms with E-state index in [1.165, 1.54) is 11.6 Å². The molecule has 158 valence electrons. The monoisotopic (exact) mass is 401 g/mol. The summed E-state index contributed by atoms with van der Waals surface area (Å²) in [7, 11) is 0. The number of amides is 1. The van der Waals surface area contributed by atoms with Crippen molar-refractivity contribution in [3.63, 3.8) is 0 Å². The molecule has 2 aliphatic heterocycles. The van der Waals surface area contributed by atoms with Gasteiger partial charge in [-0.2, -0.15) is 0 Å². The molecule has 0 fully saturated rings. The molecule has 4 N–H and O–H groups in total. The first-order valence-corrected chi connectivity index (χ1v) is 10.2. The fourth-order valence-corrected chi connectivity index (χ4v) is 3.98. The number of aliphatic hydroxyl groups excluding tert-OH is 2. The third-order valence-electron chi connectivity index (χ3n) is 5.87. The number of rotatable bonds is 7. The van der Waals surface area contributed by atoms with Gasteiger partial charge in [0.05, 0.1) is 18.3 Å². The van der Waals surface area contributed by atoms with E-state index in [4.69, 9.17) is 4.74 Å². The number of phenols is 1. The molecule has 29 heavy (non-hydrogen) atoms. The Morgan fingerprint density at radius 1 is 1.31 bits per heavy atom. The predicted molar refractivity (Wildman–Crippen MR) is 111 cm³/mol. The van der Waals surface area contributed by atoms with Gasteiger partial charge < -0.3 is 25.4 Å². The summed E-state index contributed by atoms with van der Waals surface area (Å²) in [6, 6.07) is 1.46. The van der Waals surface area contributed by atoms with E-state index in [-0.39, 0.29) is 24.7 Å². The van der Waals surface area contributed by atoms with Crippen LogP contribution in [0.25, 0.3) is 0 Å². The SMILES string of the molecule is CC(C)=CCC/C(=C/CCC1(C)Oc2c(c(O)cc3c2CNC3=O)CC1O)CO. The molecule has 3 rings (SSSR count). The number of phenolic OH excluding ortho intramolecular Hbond substituents is 1. The molecule has 2 heterocycles. The Morgan fingerprint density at radius 3 is 2.76 bits per heavy atom. The quantitative estimate of drug-likeness (QED) is 0.526. The Hall–Kier alpha value is -2.31. The van der Waals surface area contributed by atoms with Gasteiger partial charge in [-0.15, -0.1) is 0 Å². The van der Waals surface area contributed by atoms with Crippen LogP contribution in [-0.2, 0) is 13.0 Å². The highest BCUT2D eigenvalue weighted by Crippen LogP contribution is 2.44. The molecule has 0 radical (unpaired) electrons. The zero-order chi connectivity index (χ0) is 21.2. The van der Waals surface area contributed by atoms with Crippen LogP contribution >= 0.6 is 0 Å². The summed E-state index contributed by atoms with van der Waals surface area (Å²) in [5, 5.41) is 33.4. The Bertz CT molecular complexity index is 853. The normalized spacial score (nSPS) is 23.1. The lowest BCUT2D eigenvalue weighted by atomic mass is 9.84. The number of fused-ring (bicyclic) bond motifs is 3. The number of allylic oxidation sites excluding steroid dienone is 3. The summed E-state index contributed by atoms with van der Waals surface area (Å²) < 4.78 is 6.23. The van der Waals surface area contributed by atoms with Crippen LogP contribution in [0.3, 0.4) is 0 Å². The van der Waals surface area contributed by atoms with Gasteiger partial charge in [0.1, 0.15) is 17.1 Å². The van der Waals surface area contributed by atoms with E-state index in [9.17, 15) is 20.1 Å². The van der Waals surface area contributed by atoms with Gasteiger partial charge in [-0.1, -0.05) is 17.7 Å². The minimum Gasteiger partial charge on any atom is -0.508 e. The van der Waals surface area contributed by atoms with Gasteiger partial charge >= 0.3 is 0 Å². The Morgan fingerprint density at radius 2 is 2.07 bits per heavy atom. The maximum Gasteiger partial charge on any atom is 0.252 e. The second-order valence-electron chi connectivity index (χ2n) is 8.43. The summed E-state index contributed by atoms with van der Waals surface area (Å²) >= 11 is 0. The molecule has 2 unspecified atom stereocenters. The zero-order valence-electron chi connectivity index (χ0n) is 17.4. The molecule has 0 saturated carbocycles. The maximum absolute atomic E-state index is 12.0. The van der Waals surface area contributed by atoms with Gasteiger partial charge in [0.2, 0.25) is 0 Å². The topological polar surface area (TPSA) is 99.0 Å². The highest BCUT2D eigenvalue weighted by atomic mass is 16.5. The third-order valence-corrected chi connectivity index (χ3v) is 5.87. The van der Waals surface area contributed by atoms with E-state index in [1.54, 1.807) is 0 Å². The van der Waals surface area contributed by atoms with Crippen molar-refractivity contribution in [1.82, 2.24) is 5.32 Å². The first-order chi connectivity index (χ1) is 13.7. The minimum atomic E-state index is -0.836. The van der Waals surface area contributed by atoms with E-state index in [0.717, 1.165) is 24.0 Å². The molecule has 1 amide bonds. The van der Waals surface area contributed by atoms with Crippen LogP contribution < -0.4 is 10.1 Å². The summed E-state index contributed by atoms with van der Waals surface area (Å²) in [6.07, 6.45) is 6.59. The zero-order valence-corrected chi connectivity index (χ0v) is 17.4. The van der Waals surface area contributed by atoms with Crippen LogP contribution in [0, 0.1) is 0 Å². The number of nitrogens with one attached hydrogen (secondary N) is 1. The number of aliphatic hydroxyl groups is 2. The van der Waals surface area contributed by atoms with Crippen LogP contribution in [-0.4, -0.2) is 39.5 Å². The van der Waals surface area contributed by atoms with E-state index < -0.39 is 11.7 Å². The summed E-state index contributed by atoms with van der Waals surface area (Å²) in [5.74, 6) is 0.279. The molecule has 0 bridgehead atoms. The third kappa shape index (κ3) is 4.49. The number of benzene rings is 1. The van der Waals surface area contributed by atoms with Gasteiger partial charge in [0, 0.05) is 24.1 Å². The van der Waals surface area contributed by atoms with Crippen molar-refractivity contribution in [2.24, 2.45) is 0 Å². The highest BCUT2D eigenvalue weighted by molar-refractivity contribution is 6.00. The van der Waals surface area contributed by atoms with Crippen LogP contribution in [0.15, 0.2) is 29.4 Å². The second-order valence-corrected chi connectivity index (χ2v) is 8.43. The molecule has 2 atom stereocenters. The van der Waals surface area contributed by atoms with Gasteiger partial charge in [0.15, 0.2) is 0 Å². The Balaban J connectivity index is 1.74. The molecule has 0 spiro atoms. The minimum absolute atomic E-state index is 0.0152. The van der Waals surface area contributed by atoms with Crippen molar-refractivity contribution in [3.8, 4) is 11.5 Å². The lowest BCUT2D eigenvalue weighted by Gasteiger charge is -2.40. The summed E-state index contributed by atoms with van der Waals surface area (Å²) in [4.78, 5) is 12.0. The van der Waals surface area contributed by atoms with Crippen molar-refractivity contribution in [2.75, 3.05) is 6.61 Å². The maximum atomic E-state index is 12.0. The smallest absolute Gasteiger partial charge is 0.252 e. The average Bonchev–Trinajstić information content (AvgIpc) is 3.03. The molecular formula is C23H31NO5. The number of aromatic hydroxyl groups is 1. The van der Waals surface area contributed by atoms with E-state index in [1.807, 2.05) is 13.0 Å². The van der Waals surface area contributed by atoms with Crippen molar-refractivity contribution in [2.45, 2.75) is 71.1 Å². The largest absolute Gasteiger partial charge is 0.508 e. The van der Waals surface area contributed by atoms with Gasteiger partial charge in [-0.25, -0.2) is 0 Å². The van der Waals surface area contributed by atoms with Crippen molar-refractivity contribution < 1.29 is 24.9 Å². The molecule has 2 aliphatic rings. The molecular weight excluding hydrogens is 370 g/mol. The van der Waals surface area contributed by atoms with Gasteiger partial charge in [0.25, 0.3) is 5.91 Å². The van der Waals surface area contributed by atoms with Crippen LogP contribution in [0.1, 0.15) is 67.9 Å². The molecule has 0 saturated heterocycles. The number of hydrogen-bond acceptors (Lipinski definition) is 5. The number of hydrogen-bond donors (Lipinski definition) is 4. The van der Waals surface area contributed by atoms with Crippen molar-refractivity contribution in [1.29, 1.82) is 0 Å². The molecule has 1 aromatic rings. The van der Waals surface area contributed by atoms with E-state index in [0.29, 0.717) is 36.3 Å². The summed E-state index contributed by atoms with van der Waals surface area (Å²) in [5.41, 5.74) is 3.13. The first kappa shape index (κ1) is 21.4. The summed E-state index contributed by atoms with van der Waals surface area (Å²) in [6.45, 7) is 6.36.